The van der Waals surface area contributed by atoms with E-state index in [9.17, 15) is 25.1 Å². The van der Waals surface area contributed by atoms with Gasteiger partial charge in [-0.05, 0) is 54.1 Å². The minimum Gasteiger partial charge on any atom is -0.508 e. The molecule has 0 saturated carbocycles. The van der Waals surface area contributed by atoms with Crippen LogP contribution in [0, 0.1) is 10.1 Å². The normalized spacial score (nSPS) is 11.3. The number of hydrazone groups is 1. The molecule has 0 atom stereocenters. The number of carbonyl (C=O) groups is 1. The first kappa shape index (κ1) is 30.6. The minimum atomic E-state index is -1.32. The standard InChI is InChI=1S/C33H25N7O6S/c1-46-26-15-11-20(12-16-26)30-31(21-9-13-24(14-10-21)39-19-28(36-38-39)22-6-4-7-25(41)17-22)47-33(34-30)37-35-27(32(42)43)18-23-5-2-3-8-29(23)40(44)45/h2-17,19,41H,18H2,1H3,(H,34,37)(H,42,43). The Hall–Kier alpha value is -6.41. The number of phenols is 1. The number of phenolic OH excluding ortho intramolecular Hbond substituents is 1. The summed E-state index contributed by atoms with van der Waals surface area (Å²) >= 11 is 1.27. The zero-order chi connectivity index (χ0) is 32.9. The van der Waals surface area contributed by atoms with Crippen LogP contribution in [0.4, 0.5) is 10.8 Å². The van der Waals surface area contributed by atoms with Crippen molar-refractivity contribution in [1.82, 2.24) is 20.0 Å². The van der Waals surface area contributed by atoms with Crippen LogP contribution in [0.1, 0.15) is 5.56 Å². The Balaban J connectivity index is 1.31. The van der Waals surface area contributed by atoms with Crippen LogP contribution >= 0.6 is 11.3 Å². The van der Waals surface area contributed by atoms with Crippen molar-refractivity contribution in [2.24, 2.45) is 5.10 Å². The molecule has 6 rings (SSSR count). The molecule has 0 aliphatic rings. The summed E-state index contributed by atoms with van der Waals surface area (Å²) in [5.41, 5.74) is 6.83. The summed E-state index contributed by atoms with van der Waals surface area (Å²) < 4.78 is 6.94. The van der Waals surface area contributed by atoms with Crippen LogP contribution in [0.2, 0.25) is 0 Å². The molecule has 2 aromatic heterocycles. The SMILES string of the molecule is COc1ccc(-c2nc(NN=C(Cc3ccccc3[N+](=O)[O-])C(=O)O)sc2-c2ccc(-n3cc(-c4cccc(O)c4)nn3)cc2)cc1. The molecular weight excluding hydrogens is 622 g/mol. The van der Waals surface area contributed by atoms with Crippen molar-refractivity contribution in [2.75, 3.05) is 12.5 Å². The fourth-order valence-corrected chi connectivity index (χ4v) is 5.69. The van der Waals surface area contributed by atoms with E-state index in [-0.39, 0.29) is 29.1 Å². The number of hydrogen-bond acceptors (Lipinski definition) is 11. The Morgan fingerprint density at radius 3 is 2.45 bits per heavy atom. The molecule has 2 heterocycles. The van der Waals surface area contributed by atoms with Crippen LogP contribution in [-0.2, 0) is 11.2 Å². The number of aromatic hydroxyl groups is 1. The number of carboxylic acid groups (broad SMARTS) is 1. The largest absolute Gasteiger partial charge is 0.508 e. The van der Waals surface area contributed by atoms with Crippen LogP contribution in [0.3, 0.4) is 0 Å². The third kappa shape index (κ3) is 6.82. The molecule has 0 aliphatic carbocycles. The van der Waals surface area contributed by atoms with E-state index in [1.54, 1.807) is 42.3 Å². The molecule has 0 bridgehead atoms. The summed E-state index contributed by atoms with van der Waals surface area (Å²) in [6, 6.07) is 27.7. The van der Waals surface area contributed by atoms with E-state index < -0.39 is 10.9 Å². The zero-order valence-electron chi connectivity index (χ0n) is 24.6. The highest BCUT2D eigenvalue weighted by atomic mass is 32.1. The highest BCUT2D eigenvalue weighted by Crippen LogP contribution is 2.40. The monoisotopic (exact) mass is 647 g/mol. The molecule has 0 saturated heterocycles. The number of thiazole rings is 1. The van der Waals surface area contributed by atoms with Crippen molar-refractivity contribution in [3.63, 3.8) is 0 Å². The van der Waals surface area contributed by atoms with E-state index >= 15 is 0 Å². The molecule has 0 amide bonds. The van der Waals surface area contributed by atoms with Crippen LogP contribution in [0.5, 0.6) is 11.5 Å². The predicted octanol–water partition coefficient (Wildman–Crippen LogP) is 6.44. The molecule has 47 heavy (non-hydrogen) atoms. The zero-order valence-corrected chi connectivity index (χ0v) is 25.5. The summed E-state index contributed by atoms with van der Waals surface area (Å²) in [4.78, 5) is 28.4. The molecule has 4 aromatic carbocycles. The summed E-state index contributed by atoms with van der Waals surface area (Å²) in [7, 11) is 1.58. The Labute approximate surface area is 271 Å². The topological polar surface area (TPSA) is 178 Å². The Morgan fingerprint density at radius 2 is 1.74 bits per heavy atom. The number of nitrogens with zero attached hydrogens (tertiary/aromatic N) is 6. The Morgan fingerprint density at radius 1 is 1.00 bits per heavy atom. The highest BCUT2D eigenvalue weighted by molar-refractivity contribution is 7.19. The molecule has 13 nitrogen and oxygen atoms in total. The van der Waals surface area contributed by atoms with Gasteiger partial charge in [0.1, 0.15) is 22.9 Å². The van der Waals surface area contributed by atoms with Gasteiger partial charge in [-0.2, -0.15) is 5.10 Å². The van der Waals surface area contributed by atoms with Crippen molar-refractivity contribution in [3.05, 3.63) is 119 Å². The van der Waals surface area contributed by atoms with E-state index in [2.05, 4.69) is 20.8 Å². The van der Waals surface area contributed by atoms with Crippen molar-refractivity contribution in [1.29, 1.82) is 0 Å². The maximum absolute atomic E-state index is 12.0. The van der Waals surface area contributed by atoms with E-state index in [0.29, 0.717) is 22.3 Å². The van der Waals surface area contributed by atoms with Gasteiger partial charge >= 0.3 is 5.97 Å². The maximum Gasteiger partial charge on any atom is 0.352 e. The van der Waals surface area contributed by atoms with E-state index in [0.717, 1.165) is 27.3 Å². The van der Waals surface area contributed by atoms with Gasteiger partial charge in [0, 0.05) is 29.2 Å². The first-order chi connectivity index (χ1) is 22.8. The summed E-state index contributed by atoms with van der Waals surface area (Å²) in [5, 5.41) is 43.9. The van der Waals surface area contributed by atoms with Gasteiger partial charge in [-0.1, -0.05) is 59.0 Å². The molecule has 0 fully saturated rings. The van der Waals surface area contributed by atoms with Crippen LogP contribution < -0.4 is 10.2 Å². The number of anilines is 1. The molecule has 0 aliphatic heterocycles. The second-order valence-electron chi connectivity index (χ2n) is 10.1. The van der Waals surface area contributed by atoms with Gasteiger partial charge in [-0.25, -0.2) is 14.5 Å². The molecule has 234 valence electrons. The number of nitrogens with one attached hydrogen (secondary N) is 1. The summed E-state index contributed by atoms with van der Waals surface area (Å²) in [6.07, 6.45) is 1.50. The number of para-hydroxylation sites is 1. The number of methoxy groups -OCH3 is 1. The summed E-state index contributed by atoms with van der Waals surface area (Å²) in [6.45, 7) is 0. The number of hydrogen-bond donors (Lipinski definition) is 3. The number of nitro groups is 1. The lowest BCUT2D eigenvalue weighted by atomic mass is 10.1. The second kappa shape index (κ2) is 13.3. The molecule has 3 N–H and O–H groups in total. The fraction of sp³-hybridized carbons (Fsp3) is 0.0606. The molecular formula is C33H25N7O6S. The molecule has 0 spiro atoms. The van der Waals surface area contributed by atoms with Crippen LogP contribution in [0.15, 0.2) is 108 Å². The second-order valence-corrected chi connectivity index (χ2v) is 11.1. The lowest BCUT2D eigenvalue weighted by Gasteiger charge is -2.06. The number of carboxylic acids is 1. The number of rotatable bonds is 11. The third-order valence-electron chi connectivity index (χ3n) is 7.10. The van der Waals surface area contributed by atoms with Crippen LogP contribution in [-0.4, -0.2) is 53.9 Å². The quantitative estimate of drug-likeness (QED) is 0.0805. The molecule has 14 heteroatoms. The first-order valence-electron chi connectivity index (χ1n) is 14.0. The minimum absolute atomic E-state index is 0.137. The number of aromatic nitrogens is 4. The molecule has 6 aromatic rings. The third-order valence-corrected chi connectivity index (χ3v) is 8.11. The van der Waals surface area contributed by atoms with Crippen molar-refractivity contribution < 1.29 is 24.7 Å². The van der Waals surface area contributed by atoms with Gasteiger partial charge in [0.05, 0.1) is 34.5 Å². The first-order valence-corrected chi connectivity index (χ1v) is 14.9. The number of aliphatic carboxylic acids is 1. The summed E-state index contributed by atoms with van der Waals surface area (Å²) in [5.74, 6) is -0.506. The highest BCUT2D eigenvalue weighted by Gasteiger charge is 2.20. The average Bonchev–Trinajstić information content (AvgIpc) is 3.75. The van der Waals surface area contributed by atoms with Gasteiger partial charge in [-0.15, -0.1) is 5.10 Å². The van der Waals surface area contributed by atoms with Crippen molar-refractivity contribution in [3.8, 4) is 50.1 Å². The molecule has 0 unspecified atom stereocenters. The smallest absolute Gasteiger partial charge is 0.352 e. The maximum atomic E-state index is 12.0. The van der Waals surface area contributed by atoms with Gasteiger partial charge in [0.15, 0.2) is 0 Å². The van der Waals surface area contributed by atoms with E-state index in [4.69, 9.17) is 9.72 Å². The number of benzene rings is 4. The van der Waals surface area contributed by atoms with Crippen molar-refractivity contribution >= 4 is 33.8 Å². The van der Waals surface area contributed by atoms with Gasteiger partial charge in [0.25, 0.3) is 5.69 Å². The van der Waals surface area contributed by atoms with Gasteiger partial charge in [-0.3, -0.25) is 15.5 Å². The predicted molar refractivity (Wildman–Crippen MR) is 177 cm³/mol. The van der Waals surface area contributed by atoms with E-state index in [1.807, 2.05) is 54.6 Å². The van der Waals surface area contributed by atoms with Crippen LogP contribution in [0.25, 0.3) is 38.6 Å². The van der Waals surface area contributed by atoms with Gasteiger partial charge in [0.2, 0.25) is 5.13 Å². The lowest BCUT2D eigenvalue weighted by molar-refractivity contribution is -0.385. The Bertz CT molecular complexity index is 2110. The lowest BCUT2D eigenvalue weighted by Crippen LogP contribution is -2.18. The number of nitro benzene ring substituents is 1. The average molecular weight is 648 g/mol. The van der Waals surface area contributed by atoms with Crippen molar-refractivity contribution in [2.45, 2.75) is 6.42 Å². The Kier molecular flexibility index (Phi) is 8.66. The van der Waals surface area contributed by atoms with E-state index in [1.165, 1.54) is 29.5 Å². The fourth-order valence-electron chi connectivity index (χ4n) is 4.76. The van der Waals surface area contributed by atoms with Gasteiger partial charge < -0.3 is 14.9 Å². The number of ether oxygens (including phenoxy) is 1. The molecule has 0 radical (unpaired) electrons.